The average Bonchev–Trinajstić information content (AvgIpc) is 2.69. The van der Waals surface area contributed by atoms with Crippen molar-refractivity contribution in [2.75, 3.05) is 16.2 Å². The lowest BCUT2D eigenvalue weighted by molar-refractivity contribution is -0.114. The minimum Gasteiger partial charge on any atom is -0.324 e. The Balaban J connectivity index is 1.97. The van der Waals surface area contributed by atoms with Gasteiger partial charge in [0.15, 0.2) is 0 Å². The second-order valence-electron chi connectivity index (χ2n) is 6.76. The Hall–Kier alpha value is -2.54. The molecule has 0 aromatic heterocycles. The highest BCUT2D eigenvalue weighted by Gasteiger charge is 2.28. The summed E-state index contributed by atoms with van der Waals surface area (Å²) < 4.78 is 27.9. The quantitative estimate of drug-likeness (QED) is 0.529. The minimum atomic E-state index is -4.00. The first kappa shape index (κ1) is 22.2. The number of sulfonamides is 1. The molecule has 0 radical (unpaired) electrons. The molecule has 0 bridgehead atoms. The average molecular weight is 463 g/mol. The largest absolute Gasteiger partial charge is 0.324 e. The van der Waals surface area contributed by atoms with Crippen molar-refractivity contribution in [1.29, 1.82) is 0 Å². The van der Waals surface area contributed by atoms with Gasteiger partial charge in [-0.2, -0.15) is 0 Å². The molecule has 3 aromatic rings. The van der Waals surface area contributed by atoms with E-state index in [1.165, 1.54) is 24.3 Å². The van der Waals surface area contributed by atoms with Crippen LogP contribution < -0.4 is 9.62 Å². The number of anilines is 2. The van der Waals surface area contributed by atoms with Gasteiger partial charge in [0.2, 0.25) is 5.91 Å². The van der Waals surface area contributed by atoms with E-state index in [2.05, 4.69) is 5.32 Å². The van der Waals surface area contributed by atoms with Gasteiger partial charge in [-0.05, 0) is 73.5 Å². The number of nitrogens with one attached hydrogen (secondary N) is 1. The van der Waals surface area contributed by atoms with Crippen molar-refractivity contribution in [2.24, 2.45) is 0 Å². The standard InChI is InChI=1S/C22H20Cl2N2O3S/c1-15-5-3-4-6-21(15)26(30(28,29)19-10-7-17(23)8-11-19)14-22(27)25-20-12-9-18(24)13-16(20)2/h3-13H,14H2,1-2H3,(H,25,27). The molecule has 3 rings (SSSR count). The van der Waals surface area contributed by atoms with E-state index in [4.69, 9.17) is 23.2 Å². The summed E-state index contributed by atoms with van der Waals surface area (Å²) in [6.07, 6.45) is 0. The number of amides is 1. The van der Waals surface area contributed by atoms with Gasteiger partial charge < -0.3 is 5.32 Å². The Kier molecular flexibility index (Phi) is 6.71. The highest BCUT2D eigenvalue weighted by Crippen LogP contribution is 2.28. The number of nitrogens with zero attached hydrogens (tertiary/aromatic N) is 1. The maximum atomic E-state index is 13.4. The van der Waals surface area contributed by atoms with Crippen LogP contribution in [0.4, 0.5) is 11.4 Å². The summed E-state index contributed by atoms with van der Waals surface area (Å²) in [7, 11) is -4.00. The Bertz CT molecular complexity index is 1180. The number of benzene rings is 3. The topological polar surface area (TPSA) is 66.5 Å². The number of para-hydroxylation sites is 1. The summed E-state index contributed by atoms with van der Waals surface area (Å²) in [6, 6.07) is 17.9. The third kappa shape index (κ3) is 4.95. The fourth-order valence-electron chi connectivity index (χ4n) is 2.96. The number of carbonyl (C=O) groups excluding carboxylic acids is 1. The number of rotatable bonds is 6. The second-order valence-corrected chi connectivity index (χ2v) is 9.49. The van der Waals surface area contributed by atoms with Crippen LogP contribution in [0.25, 0.3) is 0 Å². The maximum absolute atomic E-state index is 13.4. The molecule has 8 heteroatoms. The van der Waals surface area contributed by atoms with Crippen LogP contribution in [0.1, 0.15) is 11.1 Å². The first-order chi connectivity index (χ1) is 14.2. The van der Waals surface area contributed by atoms with Crippen LogP contribution in [-0.2, 0) is 14.8 Å². The van der Waals surface area contributed by atoms with Crippen molar-refractivity contribution in [3.63, 3.8) is 0 Å². The van der Waals surface area contributed by atoms with E-state index in [0.717, 1.165) is 15.4 Å². The van der Waals surface area contributed by atoms with Gasteiger partial charge >= 0.3 is 0 Å². The SMILES string of the molecule is Cc1cc(Cl)ccc1NC(=O)CN(c1ccccc1C)S(=O)(=O)c1ccc(Cl)cc1. The van der Waals surface area contributed by atoms with Gasteiger partial charge in [0.1, 0.15) is 6.54 Å². The first-order valence-electron chi connectivity index (χ1n) is 9.08. The van der Waals surface area contributed by atoms with Gasteiger partial charge in [0.05, 0.1) is 10.6 Å². The summed E-state index contributed by atoms with van der Waals surface area (Å²) in [4.78, 5) is 12.9. The smallest absolute Gasteiger partial charge is 0.264 e. The molecule has 5 nitrogen and oxygen atoms in total. The van der Waals surface area contributed by atoms with E-state index in [0.29, 0.717) is 21.4 Å². The van der Waals surface area contributed by atoms with Crippen molar-refractivity contribution in [2.45, 2.75) is 18.7 Å². The maximum Gasteiger partial charge on any atom is 0.264 e. The lowest BCUT2D eigenvalue weighted by Gasteiger charge is -2.25. The summed E-state index contributed by atoms with van der Waals surface area (Å²) in [5.41, 5.74) is 2.50. The fourth-order valence-corrected chi connectivity index (χ4v) is 4.80. The van der Waals surface area contributed by atoms with Crippen molar-refractivity contribution in [3.05, 3.63) is 87.9 Å². The zero-order valence-electron chi connectivity index (χ0n) is 16.4. The molecule has 0 aliphatic rings. The lowest BCUT2D eigenvalue weighted by atomic mass is 10.2. The van der Waals surface area contributed by atoms with E-state index in [1.54, 1.807) is 43.3 Å². The van der Waals surface area contributed by atoms with E-state index in [9.17, 15) is 13.2 Å². The molecule has 0 fully saturated rings. The lowest BCUT2D eigenvalue weighted by Crippen LogP contribution is -2.38. The molecule has 1 amide bonds. The molecule has 0 spiro atoms. The predicted octanol–water partition coefficient (Wildman–Crippen LogP) is 5.44. The zero-order valence-corrected chi connectivity index (χ0v) is 18.7. The number of hydrogen-bond acceptors (Lipinski definition) is 3. The molecule has 0 unspecified atom stereocenters. The molecule has 0 aliphatic heterocycles. The molecule has 0 saturated carbocycles. The van der Waals surface area contributed by atoms with Gasteiger partial charge in [-0.3, -0.25) is 9.10 Å². The molecular weight excluding hydrogens is 443 g/mol. The molecule has 0 atom stereocenters. The fraction of sp³-hybridized carbons (Fsp3) is 0.136. The summed E-state index contributed by atoms with van der Waals surface area (Å²) in [6.45, 7) is 3.21. The van der Waals surface area contributed by atoms with E-state index >= 15 is 0 Å². The van der Waals surface area contributed by atoms with Crippen LogP contribution in [0.5, 0.6) is 0 Å². The summed E-state index contributed by atoms with van der Waals surface area (Å²) in [5.74, 6) is -0.471. The van der Waals surface area contributed by atoms with Gasteiger partial charge in [-0.1, -0.05) is 41.4 Å². The predicted molar refractivity (Wildman–Crippen MR) is 122 cm³/mol. The third-order valence-electron chi connectivity index (χ3n) is 4.54. The van der Waals surface area contributed by atoms with Gasteiger partial charge in [-0.25, -0.2) is 8.42 Å². The van der Waals surface area contributed by atoms with Crippen LogP contribution in [0.3, 0.4) is 0 Å². The first-order valence-corrected chi connectivity index (χ1v) is 11.3. The third-order valence-corrected chi connectivity index (χ3v) is 6.80. The summed E-state index contributed by atoms with van der Waals surface area (Å²) >= 11 is 11.9. The van der Waals surface area contributed by atoms with E-state index in [-0.39, 0.29) is 4.90 Å². The molecule has 0 saturated heterocycles. The van der Waals surface area contributed by atoms with Crippen LogP contribution in [0.15, 0.2) is 71.6 Å². The zero-order chi connectivity index (χ0) is 21.9. The Morgan fingerprint density at radius 2 is 1.53 bits per heavy atom. The summed E-state index contributed by atoms with van der Waals surface area (Å²) in [5, 5.41) is 3.74. The van der Waals surface area contributed by atoms with Gasteiger partial charge in [-0.15, -0.1) is 0 Å². The van der Waals surface area contributed by atoms with E-state index < -0.39 is 22.5 Å². The molecule has 0 heterocycles. The van der Waals surface area contributed by atoms with Crippen LogP contribution in [-0.4, -0.2) is 20.9 Å². The monoisotopic (exact) mass is 462 g/mol. The number of carbonyl (C=O) groups is 1. The molecular formula is C22H20Cl2N2O3S. The molecule has 0 aliphatic carbocycles. The highest BCUT2D eigenvalue weighted by molar-refractivity contribution is 7.92. The molecule has 1 N–H and O–H groups in total. The Morgan fingerprint density at radius 1 is 0.900 bits per heavy atom. The minimum absolute atomic E-state index is 0.0469. The van der Waals surface area contributed by atoms with Crippen molar-refractivity contribution >= 4 is 50.5 Å². The van der Waals surface area contributed by atoms with Crippen molar-refractivity contribution < 1.29 is 13.2 Å². The number of hydrogen-bond donors (Lipinski definition) is 1. The van der Waals surface area contributed by atoms with Gasteiger partial charge in [0.25, 0.3) is 10.0 Å². The molecule has 3 aromatic carbocycles. The molecule has 30 heavy (non-hydrogen) atoms. The van der Waals surface area contributed by atoms with Crippen LogP contribution in [0, 0.1) is 13.8 Å². The van der Waals surface area contributed by atoms with E-state index in [1.807, 2.05) is 13.0 Å². The second kappa shape index (κ2) is 9.08. The Labute approximate surface area is 186 Å². The van der Waals surface area contributed by atoms with Gasteiger partial charge in [0, 0.05) is 15.7 Å². The van der Waals surface area contributed by atoms with Crippen molar-refractivity contribution in [3.8, 4) is 0 Å². The van der Waals surface area contributed by atoms with Crippen molar-refractivity contribution in [1.82, 2.24) is 0 Å². The molecule has 156 valence electrons. The van der Waals surface area contributed by atoms with Crippen LogP contribution in [0.2, 0.25) is 10.0 Å². The normalized spacial score (nSPS) is 11.2. The number of aryl methyl sites for hydroxylation is 2. The Morgan fingerprint density at radius 3 is 2.17 bits per heavy atom. The van der Waals surface area contributed by atoms with Crippen LogP contribution >= 0.6 is 23.2 Å². The highest BCUT2D eigenvalue weighted by atomic mass is 35.5. The number of halogens is 2.